The molecule has 134 valence electrons. The molecule has 0 unspecified atom stereocenters. The lowest BCUT2D eigenvalue weighted by Crippen LogP contribution is -2.46. The van der Waals surface area contributed by atoms with Crippen molar-refractivity contribution in [1.29, 1.82) is 0 Å². The van der Waals surface area contributed by atoms with E-state index in [9.17, 15) is 0 Å². The van der Waals surface area contributed by atoms with Gasteiger partial charge < -0.3 is 20.9 Å². The fourth-order valence-electron chi connectivity index (χ4n) is 3.10. The molecule has 2 heterocycles. The zero-order chi connectivity index (χ0) is 17.8. The minimum Gasteiger partial charge on any atom is -0.393 e. The Hall–Kier alpha value is -2.34. The molecule has 25 heavy (non-hydrogen) atoms. The molecule has 0 atom stereocenters. The highest BCUT2D eigenvalue weighted by atomic mass is 15.3. The molecule has 0 bridgehead atoms. The Kier molecular flexibility index (Phi) is 5.38. The van der Waals surface area contributed by atoms with Gasteiger partial charge in [0.15, 0.2) is 11.6 Å². The van der Waals surface area contributed by atoms with Crippen LogP contribution in [0.1, 0.15) is 32.3 Å². The van der Waals surface area contributed by atoms with Crippen molar-refractivity contribution in [2.24, 2.45) is 0 Å². The van der Waals surface area contributed by atoms with E-state index < -0.39 is 0 Å². The number of likely N-dealkylation sites (N-methyl/N-ethyl adjacent to an activating group) is 1. The summed E-state index contributed by atoms with van der Waals surface area (Å²) in [5, 5.41) is 3.32. The van der Waals surface area contributed by atoms with Gasteiger partial charge in [0.25, 0.3) is 0 Å². The van der Waals surface area contributed by atoms with Gasteiger partial charge in [-0.1, -0.05) is 32.9 Å². The number of nitrogens with zero attached hydrogens (tertiary/aromatic N) is 4. The van der Waals surface area contributed by atoms with Gasteiger partial charge in [-0.25, -0.2) is 9.97 Å². The maximum Gasteiger partial charge on any atom is 0.159 e. The van der Waals surface area contributed by atoms with Crippen molar-refractivity contribution in [3.63, 3.8) is 0 Å². The first-order valence-electron chi connectivity index (χ1n) is 9.03. The number of rotatable bonds is 5. The molecule has 3 rings (SSSR count). The van der Waals surface area contributed by atoms with Crippen molar-refractivity contribution >= 4 is 23.0 Å². The molecule has 0 aliphatic carbocycles. The molecule has 6 heteroatoms. The maximum absolute atomic E-state index is 6.36. The largest absolute Gasteiger partial charge is 0.393 e. The van der Waals surface area contributed by atoms with Crippen molar-refractivity contribution in [2.75, 3.05) is 48.7 Å². The normalized spacial score (nSPS) is 15.6. The molecule has 0 saturated carbocycles. The SMILES string of the molecule is CCN1CCN(c2ncnc(Nc3ccc(C(C)C)cc3)c2N)CC1. The summed E-state index contributed by atoms with van der Waals surface area (Å²) in [5.74, 6) is 2.01. The molecule has 2 aromatic rings. The fourth-order valence-corrected chi connectivity index (χ4v) is 3.10. The van der Waals surface area contributed by atoms with Crippen LogP contribution in [0, 0.1) is 0 Å². The summed E-state index contributed by atoms with van der Waals surface area (Å²) >= 11 is 0. The second-order valence-corrected chi connectivity index (χ2v) is 6.78. The number of nitrogens with two attached hydrogens (primary N) is 1. The molecule has 1 aliphatic heterocycles. The van der Waals surface area contributed by atoms with E-state index in [4.69, 9.17) is 5.73 Å². The third-order valence-corrected chi connectivity index (χ3v) is 4.82. The van der Waals surface area contributed by atoms with E-state index in [1.54, 1.807) is 6.33 Å². The summed E-state index contributed by atoms with van der Waals surface area (Å²) in [5.41, 5.74) is 9.27. The number of aromatic nitrogens is 2. The molecule has 0 spiro atoms. The number of nitrogen functional groups attached to an aromatic ring is 1. The minimum absolute atomic E-state index is 0.520. The summed E-state index contributed by atoms with van der Waals surface area (Å²) in [4.78, 5) is 13.4. The zero-order valence-corrected chi connectivity index (χ0v) is 15.4. The molecule has 0 radical (unpaired) electrons. The highest BCUT2D eigenvalue weighted by Gasteiger charge is 2.20. The summed E-state index contributed by atoms with van der Waals surface area (Å²) < 4.78 is 0. The average molecular weight is 340 g/mol. The standard InChI is InChI=1S/C19H28N6/c1-4-24-9-11-25(12-10-24)19-17(20)18(21-13-22-19)23-16-7-5-15(6-8-16)14(2)3/h5-8,13-14H,4,9-12,20H2,1-3H3,(H,21,22,23). The Balaban J connectivity index is 1.75. The third kappa shape index (κ3) is 4.02. The van der Waals surface area contributed by atoms with Gasteiger partial charge in [0.2, 0.25) is 0 Å². The molecule has 1 fully saturated rings. The first-order chi connectivity index (χ1) is 12.1. The number of nitrogens with one attached hydrogen (secondary N) is 1. The Morgan fingerprint density at radius 3 is 2.36 bits per heavy atom. The monoisotopic (exact) mass is 340 g/mol. The van der Waals surface area contributed by atoms with E-state index >= 15 is 0 Å². The van der Waals surface area contributed by atoms with Crippen LogP contribution in [-0.4, -0.2) is 47.6 Å². The number of benzene rings is 1. The number of hydrogen-bond donors (Lipinski definition) is 2. The van der Waals surface area contributed by atoms with Crippen LogP contribution < -0.4 is 16.0 Å². The summed E-state index contributed by atoms with van der Waals surface area (Å²) in [7, 11) is 0. The lowest BCUT2D eigenvalue weighted by Gasteiger charge is -2.35. The Bertz CT molecular complexity index is 690. The van der Waals surface area contributed by atoms with Gasteiger partial charge >= 0.3 is 0 Å². The van der Waals surface area contributed by atoms with Crippen molar-refractivity contribution < 1.29 is 0 Å². The van der Waals surface area contributed by atoms with Crippen LogP contribution >= 0.6 is 0 Å². The van der Waals surface area contributed by atoms with Crippen LogP contribution in [0.25, 0.3) is 0 Å². The number of piperazine rings is 1. The number of hydrogen-bond acceptors (Lipinski definition) is 6. The Morgan fingerprint density at radius 1 is 1.08 bits per heavy atom. The predicted molar refractivity (Wildman–Crippen MR) is 105 cm³/mol. The van der Waals surface area contributed by atoms with Crippen molar-refractivity contribution in [2.45, 2.75) is 26.7 Å². The zero-order valence-electron chi connectivity index (χ0n) is 15.4. The second-order valence-electron chi connectivity index (χ2n) is 6.78. The lowest BCUT2D eigenvalue weighted by molar-refractivity contribution is 0.270. The Morgan fingerprint density at radius 2 is 1.76 bits per heavy atom. The molecule has 1 aromatic heterocycles. The third-order valence-electron chi connectivity index (χ3n) is 4.82. The molecule has 1 aromatic carbocycles. The topological polar surface area (TPSA) is 70.3 Å². The molecule has 0 amide bonds. The highest BCUT2D eigenvalue weighted by Crippen LogP contribution is 2.29. The molecule has 3 N–H and O–H groups in total. The van der Waals surface area contributed by atoms with Gasteiger partial charge in [-0.2, -0.15) is 0 Å². The van der Waals surface area contributed by atoms with Gasteiger partial charge in [-0.3, -0.25) is 0 Å². The van der Waals surface area contributed by atoms with Crippen LogP contribution in [-0.2, 0) is 0 Å². The lowest BCUT2D eigenvalue weighted by atomic mass is 10.0. The molecule has 1 saturated heterocycles. The molecular weight excluding hydrogens is 312 g/mol. The Labute approximate surface area is 150 Å². The highest BCUT2D eigenvalue weighted by molar-refractivity contribution is 5.78. The van der Waals surface area contributed by atoms with Gasteiger partial charge in [0, 0.05) is 31.9 Å². The van der Waals surface area contributed by atoms with Crippen LogP contribution in [0.2, 0.25) is 0 Å². The molecule has 6 nitrogen and oxygen atoms in total. The van der Waals surface area contributed by atoms with Gasteiger partial charge in [0.1, 0.15) is 12.0 Å². The van der Waals surface area contributed by atoms with E-state index in [2.05, 4.69) is 70.1 Å². The van der Waals surface area contributed by atoms with Crippen LogP contribution in [0.4, 0.5) is 23.0 Å². The second kappa shape index (κ2) is 7.70. The van der Waals surface area contributed by atoms with E-state index in [1.165, 1.54) is 5.56 Å². The molecule has 1 aliphatic rings. The summed E-state index contributed by atoms with van der Waals surface area (Å²) in [6.45, 7) is 11.6. The first-order valence-corrected chi connectivity index (χ1v) is 9.03. The van der Waals surface area contributed by atoms with E-state index in [1.807, 2.05) is 0 Å². The van der Waals surface area contributed by atoms with E-state index in [-0.39, 0.29) is 0 Å². The smallest absolute Gasteiger partial charge is 0.159 e. The first kappa shape index (κ1) is 17.5. The van der Waals surface area contributed by atoms with Gasteiger partial charge in [-0.05, 0) is 30.2 Å². The average Bonchev–Trinajstić information content (AvgIpc) is 2.64. The van der Waals surface area contributed by atoms with Crippen molar-refractivity contribution in [3.05, 3.63) is 36.2 Å². The van der Waals surface area contributed by atoms with Crippen LogP contribution in [0.5, 0.6) is 0 Å². The minimum atomic E-state index is 0.520. The van der Waals surface area contributed by atoms with Crippen molar-refractivity contribution in [3.8, 4) is 0 Å². The van der Waals surface area contributed by atoms with Crippen LogP contribution in [0.15, 0.2) is 30.6 Å². The predicted octanol–water partition coefficient (Wildman–Crippen LogP) is 3.07. The fraction of sp³-hybridized carbons (Fsp3) is 0.474. The van der Waals surface area contributed by atoms with Crippen molar-refractivity contribution in [1.82, 2.24) is 14.9 Å². The number of anilines is 4. The van der Waals surface area contributed by atoms with Crippen LogP contribution in [0.3, 0.4) is 0 Å². The quantitative estimate of drug-likeness (QED) is 0.872. The van der Waals surface area contributed by atoms with E-state index in [0.29, 0.717) is 17.4 Å². The molecular formula is C19H28N6. The van der Waals surface area contributed by atoms with Gasteiger partial charge in [-0.15, -0.1) is 0 Å². The maximum atomic E-state index is 6.36. The van der Waals surface area contributed by atoms with Gasteiger partial charge in [0.05, 0.1) is 0 Å². The summed E-state index contributed by atoms with van der Waals surface area (Å²) in [6.07, 6.45) is 1.59. The summed E-state index contributed by atoms with van der Waals surface area (Å²) in [6, 6.07) is 8.40. The van der Waals surface area contributed by atoms with E-state index in [0.717, 1.165) is 44.2 Å².